The van der Waals surface area contributed by atoms with E-state index in [1.165, 1.54) is 4.88 Å². The Hall–Kier alpha value is -1.99. The molecule has 2 aromatic rings. The molecule has 1 aromatic carbocycles. The smallest absolute Gasteiger partial charge is 0.101 e. The van der Waals surface area contributed by atoms with Crippen molar-refractivity contribution in [2.24, 2.45) is 0 Å². The predicted octanol–water partition coefficient (Wildman–Crippen LogP) is 2.88. The van der Waals surface area contributed by atoms with Crippen LogP contribution in [0.3, 0.4) is 0 Å². The number of thiophene rings is 1. The monoisotopic (exact) mass is 257 g/mol. The fourth-order valence-electron chi connectivity index (χ4n) is 1.75. The Morgan fingerprint density at radius 1 is 1.39 bits per heavy atom. The minimum atomic E-state index is 0.533. The zero-order valence-corrected chi connectivity index (χ0v) is 11.1. The number of hydrogen-bond donors (Lipinski definition) is 1. The Morgan fingerprint density at radius 2 is 2.22 bits per heavy atom. The third-order valence-electron chi connectivity index (χ3n) is 2.87. The number of nitrogens with two attached hydrogens (primary N) is 1. The summed E-state index contributed by atoms with van der Waals surface area (Å²) in [6.45, 7) is 0.936. The Balaban J connectivity index is 2.03. The van der Waals surface area contributed by atoms with Gasteiger partial charge >= 0.3 is 0 Å². The first-order valence-electron chi connectivity index (χ1n) is 5.74. The summed E-state index contributed by atoms with van der Waals surface area (Å²) in [5.74, 6) is 0. The molecule has 0 aliphatic rings. The molecule has 0 unspecified atom stereocenters. The second-order valence-electron chi connectivity index (χ2n) is 4.13. The van der Waals surface area contributed by atoms with Crippen LogP contribution in [0.1, 0.15) is 10.4 Å². The molecule has 0 atom stereocenters. The van der Waals surface area contributed by atoms with Crippen molar-refractivity contribution in [3.8, 4) is 6.07 Å². The van der Waals surface area contributed by atoms with Gasteiger partial charge in [0.25, 0.3) is 0 Å². The van der Waals surface area contributed by atoms with Gasteiger partial charge in [-0.25, -0.2) is 0 Å². The van der Waals surface area contributed by atoms with E-state index in [2.05, 4.69) is 28.5 Å². The van der Waals surface area contributed by atoms with Gasteiger partial charge in [0.15, 0.2) is 0 Å². The molecule has 2 N–H and O–H groups in total. The fourth-order valence-corrected chi connectivity index (χ4v) is 2.45. The van der Waals surface area contributed by atoms with Gasteiger partial charge < -0.3 is 10.6 Å². The molecular weight excluding hydrogens is 242 g/mol. The van der Waals surface area contributed by atoms with Crippen LogP contribution in [0.25, 0.3) is 0 Å². The molecule has 0 fully saturated rings. The van der Waals surface area contributed by atoms with Gasteiger partial charge in [0, 0.05) is 24.2 Å². The molecule has 1 heterocycles. The highest BCUT2D eigenvalue weighted by Crippen LogP contribution is 2.20. The van der Waals surface area contributed by atoms with Crippen molar-refractivity contribution in [1.29, 1.82) is 5.26 Å². The minimum absolute atomic E-state index is 0.533. The molecule has 0 spiro atoms. The maximum atomic E-state index is 8.83. The molecule has 0 bridgehead atoms. The maximum absolute atomic E-state index is 8.83. The summed E-state index contributed by atoms with van der Waals surface area (Å²) < 4.78 is 0. The Labute approximate surface area is 111 Å². The zero-order chi connectivity index (χ0) is 13.0. The van der Waals surface area contributed by atoms with E-state index in [4.69, 9.17) is 11.0 Å². The lowest BCUT2D eigenvalue weighted by Crippen LogP contribution is -2.20. The van der Waals surface area contributed by atoms with E-state index in [1.807, 2.05) is 19.2 Å². The highest BCUT2D eigenvalue weighted by Gasteiger charge is 2.05. The van der Waals surface area contributed by atoms with Crippen molar-refractivity contribution in [2.75, 3.05) is 24.2 Å². The number of likely N-dealkylation sites (N-methyl/N-ethyl adjacent to an activating group) is 1. The SMILES string of the molecule is CN(CCc1cccs1)c1ccc(C#N)c(N)c1. The summed E-state index contributed by atoms with van der Waals surface area (Å²) >= 11 is 1.77. The Morgan fingerprint density at radius 3 is 2.83 bits per heavy atom. The van der Waals surface area contributed by atoms with Gasteiger partial charge in [0.05, 0.1) is 11.3 Å². The number of benzene rings is 1. The summed E-state index contributed by atoms with van der Waals surface area (Å²) in [5.41, 5.74) is 7.93. The van der Waals surface area contributed by atoms with Crippen LogP contribution >= 0.6 is 11.3 Å². The van der Waals surface area contributed by atoms with Crippen LogP contribution in [0, 0.1) is 11.3 Å². The number of nitrogens with zero attached hydrogens (tertiary/aromatic N) is 2. The van der Waals surface area contributed by atoms with Gasteiger partial charge in [-0.1, -0.05) is 6.07 Å². The van der Waals surface area contributed by atoms with Gasteiger partial charge in [-0.15, -0.1) is 11.3 Å². The molecule has 2 rings (SSSR count). The van der Waals surface area contributed by atoms with E-state index in [9.17, 15) is 0 Å². The van der Waals surface area contributed by atoms with Crippen molar-refractivity contribution < 1.29 is 0 Å². The second-order valence-corrected chi connectivity index (χ2v) is 5.17. The van der Waals surface area contributed by atoms with E-state index in [-0.39, 0.29) is 0 Å². The lowest BCUT2D eigenvalue weighted by atomic mass is 10.1. The van der Waals surface area contributed by atoms with Crippen molar-refractivity contribution >= 4 is 22.7 Å². The number of hydrogen-bond acceptors (Lipinski definition) is 4. The first-order chi connectivity index (χ1) is 8.70. The zero-order valence-electron chi connectivity index (χ0n) is 10.3. The molecule has 92 valence electrons. The summed E-state index contributed by atoms with van der Waals surface area (Å²) in [6, 6.07) is 11.8. The summed E-state index contributed by atoms with van der Waals surface area (Å²) in [4.78, 5) is 3.53. The largest absolute Gasteiger partial charge is 0.398 e. The Bertz CT molecular complexity index is 555. The lowest BCUT2D eigenvalue weighted by Gasteiger charge is -2.19. The molecule has 1 aromatic heterocycles. The minimum Gasteiger partial charge on any atom is -0.398 e. The average molecular weight is 257 g/mol. The van der Waals surface area contributed by atoms with Crippen LogP contribution in [0.4, 0.5) is 11.4 Å². The van der Waals surface area contributed by atoms with Crippen molar-refractivity contribution in [1.82, 2.24) is 0 Å². The van der Waals surface area contributed by atoms with E-state index >= 15 is 0 Å². The van der Waals surface area contributed by atoms with Gasteiger partial charge in [-0.05, 0) is 36.1 Å². The number of rotatable bonds is 4. The standard InChI is InChI=1S/C14H15N3S/c1-17(7-6-13-3-2-8-18-13)12-5-4-11(10-15)14(16)9-12/h2-5,8-9H,6-7,16H2,1H3. The summed E-state index contributed by atoms with van der Waals surface area (Å²) in [5, 5.41) is 10.9. The quantitative estimate of drug-likeness (QED) is 0.857. The van der Waals surface area contributed by atoms with Crippen molar-refractivity contribution in [3.63, 3.8) is 0 Å². The van der Waals surface area contributed by atoms with E-state index in [0.717, 1.165) is 18.7 Å². The molecule has 0 aliphatic heterocycles. The molecule has 0 radical (unpaired) electrons. The third-order valence-corrected chi connectivity index (χ3v) is 3.81. The normalized spacial score (nSPS) is 10.0. The van der Waals surface area contributed by atoms with Crippen LogP contribution in [-0.4, -0.2) is 13.6 Å². The maximum Gasteiger partial charge on any atom is 0.101 e. The second kappa shape index (κ2) is 5.56. The first-order valence-corrected chi connectivity index (χ1v) is 6.62. The molecular formula is C14H15N3S. The topological polar surface area (TPSA) is 53.0 Å². The van der Waals surface area contributed by atoms with Crippen LogP contribution in [0.2, 0.25) is 0 Å². The summed E-state index contributed by atoms with van der Waals surface area (Å²) in [6.07, 6.45) is 1.02. The van der Waals surface area contributed by atoms with E-state index < -0.39 is 0 Å². The van der Waals surface area contributed by atoms with Gasteiger partial charge in [0.2, 0.25) is 0 Å². The molecule has 0 amide bonds. The molecule has 0 saturated carbocycles. The highest BCUT2D eigenvalue weighted by atomic mass is 32.1. The first kappa shape index (κ1) is 12.5. The number of nitrogen functional groups attached to an aromatic ring is 1. The molecule has 0 saturated heterocycles. The fraction of sp³-hybridized carbons (Fsp3) is 0.214. The highest BCUT2D eigenvalue weighted by molar-refractivity contribution is 7.09. The molecule has 3 nitrogen and oxygen atoms in total. The lowest BCUT2D eigenvalue weighted by molar-refractivity contribution is 0.888. The Kier molecular flexibility index (Phi) is 3.85. The van der Waals surface area contributed by atoms with Gasteiger partial charge in [-0.3, -0.25) is 0 Å². The average Bonchev–Trinajstić information content (AvgIpc) is 2.89. The van der Waals surface area contributed by atoms with Crippen molar-refractivity contribution in [3.05, 3.63) is 46.2 Å². The third kappa shape index (κ3) is 2.82. The van der Waals surface area contributed by atoms with Gasteiger partial charge in [0.1, 0.15) is 6.07 Å². The number of anilines is 2. The summed E-state index contributed by atoms with van der Waals surface area (Å²) in [7, 11) is 2.04. The molecule has 18 heavy (non-hydrogen) atoms. The predicted molar refractivity (Wildman–Crippen MR) is 76.9 cm³/mol. The van der Waals surface area contributed by atoms with Crippen LogP contribution in [0.15, 0.2) is 35.7 Å². The molecule has 4 heteroatoms. The molecule has 0 aliphatic carbocycles. The van der Waals surface area contributed by atoms with Crippen molar-refractivity contribution in [2.45, 2.75) is 6.42 Å². The van der Waals surface area contributed by atoms with Crippen LogP contribution in [0.5, 0.6) is 0 Å². The van der Waals surface area contributed by atoms with Crippen LogP contribution < -0.4 is 10.6 Å². The van der Waals surface area contributed by atoms with Crippen LogP contribution in [-0.2, 0) is 6.42 Å². The van der Waals surface area contributed by atoms with Gasteiger partial charge in [-0.2, -0.15) is 5.26 Å². The van der Waals surface area contributed by atoms with E-state index in [1.54, 1.807) is 17.4 Å². The number of nitriles is 1. The van der Waals surface area contributed by atoms with E-state index in [0.29, 0.717) is 11.3 Å².